The zero-order valence-electron chi connectivity index (χ0n) is 12.6. The Morgan fingerprint density at radius 2 is 2.00 bits per heavy atom. The SMILES string of the molecule is O=C(CSc1cccc2cccc(Cl)c12)OC1CCCCC1=O. The number of esters is 1. The first-order valence-corrected chi connectivity index (χ1v) is 9.04. The Hall–Kier alpha value is -1.52. The van der Waals surface area contributed by atoms with Gasteiger partial charge in [-0.1, -0.05) is 35.9 Å². The lowest BCUT2D eigenvalue weighted by molar-refractivity contribution is -0.154. The molecule has 120 valence electrons. The highest BCUT2D eigenvalue weighted by molar-refractivity contribution is 8.00. The van der Waals surface area contributed by atoms with E-state index in [9.17, 15) is 9.59 Å². The second-order valence-electron chi connectivity index (χ2n) is 5.57. The number of halogens is 1. The minimum absolute atomic E-state index is 0.0443. The van der Waals surface area contributed by atoms with Crippen LogP contribution in [0.15, 0.2) is 41.3 Å². The van der Waals surface area contributed by atoms with Crippen LogP contribution in [0.5, 0.6) is 0 Å². The molecule has 1 saturated carbocycles. The van der Waals surface area contributed by atoms with Crippen LogP contribution in [0.2, 0.25) is 5.02 Å². The van der Waals surface area contributed by atoms with Crippen LogP contribution >= 0.6 is 23.4 Å². The lowest BCUT2D eigenvalue weighted by atomic mass is 9.96. The standard InChI is InChI=1S/C18H17ClO3S/c19-13-7-3-5-12-6-4-10-16(18(12)13)23-11-17(21)22-15-9-2-1-8-14(15)20/h3-7,10,15H,1-2,8-9,11H2. The first kappa shape index (κ1) is 16.3. The Morgan fingerprint density at radius 1 is 1.22 bits per heavy atom. The summed E-state index contributed by atoms with van der Waals surface area (Å²) in [5.41, 5.74) is 0. The van der Waals surface area contributed by atoms with Gasteiger partial charge in [-0.2, -0.15) is 0 Å². The van der Waals surface area contributed by atoms with Gasteiger partial charge in [-0.3, -0.25) is 9.59 Å². The third kappa shape index (κ3) is 3.88. The average molecular weight is 349 g/mol. The van der Waals surface area contributed by atoms with Gasteiger partial charge in [0.25, 0.3) is 0 Å². The number of ether oxygens (including phenoxy) is 1. The lowest BCUT2D eigenvalue weighted by Gasteiger charge is -2.20. The van der Waals surface area contributed by atoms with Crippen LogP contribution in [-0.2, 0) is 14.3 Å². The molecule has 23 heavy (non-hydrogen) atoms. The second-order valence-corrected chi connectivity index (χ2v) is 7.00. The van der Waals surface area contributed by atoms with Gasteiger partial charge in [0.2, 0.25) is 0 Å². The molecule has 2 aromatic rings. The van der Waals surface area contributed by atoms with Crippen molar-refractivity contribution in [1.29, 1.82) is 0 Å². The van der Waals surface area contributed by atoms with Gasteiger partial charge in [-0.15, -0.1) is 11.8 Å². The van der Waals surface area contributed by atoms with E-state index < -0.39 is 6.10 Å². The van der Waals surface area contributed by atoms with Crippen LogP contribution in [0.1, 0.15) is 25.7 Å². The summed E-state index contributed by atoms with van der Waals surface area (Å²) in [7, 11) is 0. The highest BCUT2D eigenvalue weighted by Gasteiger charge is 2.25. The number of fused-ring (bicyclic) bond motifs is 1. The van der Waals surface area contributed by atoms with Crippen molar-refractivity contribution >= 4 is 45.9 Å². The molecule has 0 spiro atoms. The molecule has 0 aliphatic heterocycles. The van der Waals surface area contributed by atoms with E-state index in [1.165, 1.54) is 11.8 Å². The van der Waals surface area contributed by atoms with E-state index in [0.717, 1.165) is 28.5 Å². The average Bonchev–Trinajstić information content (AvgIpc) is 2.55. The maximum absolute atomic E-state index is 12.0. The molecule has 0 amide bonds. The van der Waals surface area contributed by atoms with E-state index in [2.05, 4.69) is 0 Å². The van der Waals surface area contributed by atoms with Crippen molar-refractivity contribution in [1.82, 2.24) is 0 Å². The number of benzene rings is 2. The predicted octanol–water partition coefficient (Wildman–Crippen LogP) is 4.64. The van der Waals surface area contributed by atoms with Gasteiger partial charge >= 0.3 is 5.97 Å². The molecule has 0 heterocycles. The number of thioether (sulfide) groups is 1. The third-order valence-corrected chi connectivity index (χ3v) is 5.28. The van der Waals surface area contributed by atoms with Crippen molar-refractivity contribution < 1.29 is 14.3 Å². The molecule has 1 aliphatic rings. The fourth-order valence-electron chi connectivity index (χ4n) is 2.79. The summed E-state index contributed by atoms with van der Waals surface area (Å²) in [6, 6.07) is 11.6. The van der Waals surface area contributed by atoms with E-state index in [4.69, 9.17) is 16.3 Å². The smallest absolute Gasteiger partial charge is 0.316 e. The van der Waals surface area contributed by atoms with E-state index in [-0.39, 0.29) is 17.5 Å². The summed E-state index contributed by atoms with van der Waals surface area (Å²) in [6.07, 6.45) is 2.46. The molecule has 5 heteroatoms. The molecule has 0 bridgehead atoms. The maximum Gasteiger partial charge on any atom is 0.316 e. The Bertz CT molecular complexity index is 739. The number of hydrogen-bond donors (Lipinski definition) is 0. The molecule has 1 atom stereocenters. The van der Waals surface area contributed by atoms with Gasteiger partial charge in [-0.25, -0.2) is 0 Å². The Balaban J connectivity index is 1.66. The normalized spacial score (nSPS) is 18.1. The second kappa shape index (κ2) is 7.37. The summed E-state index contributed by atoms with van der Waals surface area (Å²) in [6.45, 7) is 0. The first-order valence-electron chi connectivity index (χ1n) is 7.67. The van der Waals surface area contributed by atoms with Gasteiger partial charge < -0.3 is 4.74 Å². The molecule has 3 rings (SSSR count). The summed E-state index contributed by atoms with van der Waals surface area (Å²) < 4.78 is 5.33. The predicted molar refractivity (Wildman–Crippen MR) is 93.0 cm³/mol. The fourth-order valence-corrected chi connectivity index (χ4v) is 4.02. The molecule has 1 aliphatic carbocycles. The molecule has 0 aromatic heterocycles. The molecule has 1 fully saturated rings. The quantitative estimate of drug-likeness (QED) is 0.596. The monoisotopic (exact) mass is 348 g/mol. The number of ketones is 1. The summed E-state index contributed by atoms with van der Waals surface area (Å²) in [4.78, 5) is 24.7. The van der Waals surface area contributed by atoms with Crippen LogP contribution in [0.3, 0.4) is 0 Å². The largest absolute Gasteiger partial charge is 0.454 e. The number of rotatable bonds is 4. The minimum Gasteiger partial charge on any atom is -0.454 e. The molecular formula is C18H17ClO3S. The summed E-state index contributed by atoms with van der Waals surface area (Å²) in [5.74, 6) is -0.129. The molecule has 0 radical (unpaired) electrons. The number of carbonyl (C=O) groups is 2. The highest BCUT2D eigenvalue weighted by atomic mass is 35.5. The molecule has 0 saturated heterocycles. The van der Waals surface area contributed by atoms with Crippen molar-refractivity contribution in [2.24, 2.45) is 0 Å². The number of carbonyl (C=O) groups excluding carboxylic acids is 2. The van der Waals surface area contributed by atoms with E-state index in [0.29, 0.717) is 17.9 Å². The van der Waals surface area contributed by atoms with Crippen molar-refractivity contribution in [3.63, 3.8) is 0 Å². The summed E-state index contributed by atoms with van der Waals surface area (Å²) in [5, 5.41) is 2.66. The van der Waals surface area contributed by atoms with E-state index in [1.807, 2.05) is 36.4 Å². The molecule has 0 N–H and O–H groups in total. The minimum atomic E-state index is -0.548. The Morgan fingerprint density at radius 3 is 2.78 bits per heavy atom. The van der Waals surface area contributed by atoms with E-state index >= 15 is 0 Å². The Labute approximate surface area is 144 Å². The zero-order chi connectivity index (χ0) is 16.2. The molecule has 3 nitrogen and oxygen atoms in total. The maximum atomic E-state index is 12.0. The van der Waals surface area contributed by atoms with Crippen LogP contribution in [-0.4, -0.2) is 23.6 Å². The van der Waals surface area contributed by atoms with Crippen molar-refractivity contribution in [3.8, 4) is 0 Å². The van der Waals surface area contributed by atoms with Crippen molar-refractivity contribution in [3.05, 3.63) is 41.4 Å². The molecular weight excluding hydrogens is 332 g/mol. The number of hydrogen-bond acceptors (Lipinski definition) is 4. The van der Waals surface area contributed by atoms with Crippen LogP contribution in [0.4, 0.5) is 0 Å². The van der Waals surface area contributed by atoms with Crippen LogP contribution in [0, 0.1) is 0 Å². The topological polar surface area (TPSA) is 43.4 Å². The highest BCUT2D eigenvalue weighted by Crippen LogP contribution is 2.33. The van der Waals surface area contributed by atoms with E-state index in [1.54, 1.807) is 0 Å². The van der Waals surface area contributed by atoms with Crippen LogP contribution < -0.4 is 0 Å². The van der Waals surface area contributed by atoms with Gasteiger partial charge in [0.15, 0.2) is 11.9 Å². The zero-order valence-corrected chi connectivity index (χ0v) is 14.2. The van der Waals surface area contributed by atoms with Gasteiger partial charge in [-0.05, 0) is 36.8 Å². The first-order chi connectivity index (χ1) is 11.1. The van der Waals surface area contributed by atoms with Gasteiger partial charge in [0, 0.05) is 21.7 Å². The van der Waals surface area contributed by atoms with Crippen molar-refractivity contribution in [2.45, 2.75) is 36.7 Å². The fraction of sp³-hybridized carbons (Fsp3) is 0.333. The number of Topliss-reactive ketones (excluding diaryl/α,β-unsaturated/α-hetero) is 1. The van der Waals surface area contributed by atoms with Crippen molar-refractivity contribution in [2.75, 3.05) is 5.75 Å². The summed E-state index contributed by atoms with van der Waals surface area (Å²) >= 11 is 7.67. The third-order valence-electron chi connectivity index (χ3n) is 3.93. The molecule has 2 aromatic carbocycles. The van der Waals surface area contributed by atoms with Gasteiger partial charge in [0.05, 0.1) is 5.75 Å². The van der Waals surface area contributed by atoms with Crippen LogP contribution in [0.25, 0.3) is 10.8 Å². The van der Waals surface area contributed by atoms with Gasteiger partial charge in [0.1, 0.15) is 0 Å². The lowest BCUT2D eigenvalue weighted by Crippen LogP contribution is -2.30. The Kier molecular flexibility index (Phi) is 5.23. The molecule has 1 unspecified atom stereocenters.